The summed E-state index contributed by atoms with van der Waals surface area (Å²) in [5.74, 6) is 0. The van der Waals surface area contributed by atoms with Gasteiger partial charge in [-0.3, -0.25) is 4.98 Å². The Hall–Kier alpha value is -2.08. The van der Waals surface area contributed by atoms with E-state index in [2.05, 4.69) is 29.1 Å². The van der Waals surface area contributed by atoms with Gasteiger partial charge in [-0.15, -0.1) is 0 Å². The summed E-state index contributed by atoms with van der Waals surface area (Å²) in [7, 11) is 2.12. The zero-order chi connectivity index (χ0) is 13.9. The van der Waals surface area contributed by atoms with Crippen LogP contribution in [0.1, 0.15) is 37.7 Å². The molecule has 0 atom stereocenters. The zero-order valence-electron chi connectivity index (χ0n) is 11.8. The maximum atomic E-state index is 9.41. The van der Waals surface area contributed by atoms with Crippen LogP contribution in [0.25, 0.3) is 10.9 Å². The van der Waals surface area contributed by atoms with Gasteiger partial charge in [-0.2, -0.15) is 5.26 Å². The molecule has 0 aliphatic heterocycles. The van der Waals surface area contributed by atoms with Crippen LogP contribution in [0.5, 0.6) is 0 Å². The minimum absolute atomic E-state index is 0.543. The molecule has 0 N–H and O–H groups in total. The topological polar surface area (TPSA) is 39.9 Å². The molecule has 1 aliphatic carbocycles. The first kappa shape index (κ1) is 12.9. The number of anilines is 1. The Bertz CT molecular complexity index is 651. The average Bonchev–Trinajstić information content (AvgIpc) is 2.54. The van der Waals surface area contributed by atoms with Gasteiger partial charge in [0.25, 0.3) is 0 Å². The van der Waals surface area contributed by atoms with Crippen molar-refractivity contribution in [3.8, 4) is 6.07 Å². The number of para-hydroxylation sites is 1. The van der Waals surface area contributed by atoms with Crippen LogP contribution in [0.15, 0.2) is 30.5 Å². The summed E-state index contributed by atoms with van der Waals surface area (Å²) in [6, 6.07) is 10.9. The highest BCUT2D eigenvalue weighted by Crippen LogP contribution is 2.33. The molecule has 0 unspecified atom stereocenters. The third-order valence-electron chi connectivity index (χ3n) is 4.34. The third-order valence-corrected chi connectivity index (χ3v) is 4.34. The molecule has 0 spiro atoms. The molecule has 102 valence electrons. The van der Waals surface area contributed by atoms with E-state index in [1.165, 1.54) is 32.1 Å². The van der Waals surface area contributed by atoms with Crippen molar-refractivity contribution in [2.24, 2.45) is 0 Å². The van der Waals surface area contributed by atoms with Gasteiger partial charge in [-0.25, -0.2) is 0 Å². The van der Waals surface area contributed by atoms with Gasteiger partial charge in [-0.1, -0.05) is 37.5 Å². The lowest BCUT2D eigenvalue weighted by molar-refractivity contribution is 0.428. The van der Waals surface area contributed by atoms with E-state index >= 15 is 0 Å². The minimum atomic E-state index is 0.543. The summed E-state index contributed by atoms with van der Waals surface area (Å²) >= 11 is 0. The summed E-state index contributed by atoms with van der Waals surface area (Å²) in [6.07, 6.45) is 8.07. The number of hydrogen-bond donors (Lipinski definition) is 0. The van der Waals surface area contributed by atoms with E-state index in [-0.39, 0.29) is 0 Å². The molecule has 20 heavy (non-hydrogen) atoms. The van der Waals surface area contributed by atoms with Crippen LogP contribution < -0.4 is 4.90 Å². The van der Waals surface area contributed by atoms with Gasteiger partial charge in [0.15, 0.2) is 0 Å². The van der Waals surface area contributed by atoms with Crippen molar-refractivity contribution in [1.29, 1.82) is 5.26 Å². The molecule has 1 aromatic carbocycles. The fourth-order valence-corrected chi connectivity index (χ4v) is 3.24. The summed E-state index contributed by atoms with van der Waals surface area (Å²) in [5, 5.41) is 10.5. The molecule has 3 heteroatoms. The number of nitriles is 1. The highest BCUT2D eigenvalue weighted by atomic mass is 15.1. The van der Waals surface area contributed by atoms with Crippen molar-refractivity contribution in [3.05, 3.63) is 36.0 Å². The van der Waals surface area contributed by atoms with Gasteiger partial charge in [0.05, 0.1) is 16.8 Å². The highest BCUT2D eigenvalue weighted by molar-refractivity contribution is 5.94. The summed E-state index contributed by atoms with van der Waals surface area (Å²) < 4.78 is 0. The van der Waals surface area contributed by atoms with Gasteiger partial charge >= 0.3 is 0 Å². The number of hydrogen-bond acceptors (Lipinski definition) is 3. The molecule has 1 heterocycles. The first-order valence-electron chi connectivity index (χ1n) is 7.32. The maximum Gasteiger partial charge on any atom is 0.103 e. The molecule has 1 saturated carbocycles. The smallest absolute Gasteiger partial charge is 0.103 e. The lowest BCUT2D eigenvalue weighted by Gasteiger charge is -2.34. The zero-order valence-corrected chi connectivity index (χ0v) is 11.8. The average molecular weight is 265 g/mol. The van der Waals surface area contributed by atoms with Gasteiger partial charge in [0.2, 0.25) is 0 Å². The van der Waals surface area contributed by atoms with Crippen molar-refractivity contribution in [3.63, 3.8) is 0 Å². The second kappa shape index (κ2) is 5.50. The molecule has 2 aromatic rings. The maximum absolute atomic E-state index is 9.41. The molecule has 1 aliphatic rings. The molecular weight excluding hydrogens is 246 g/mol. The molecule has 3 rings (SSSR count). The summed E-state index contributed by atoms with van der Waals surface area (Å²) in [6.45, 7) is 0. The molecule has 0 amide bonds. The van der Waals surface area contributed by atoms with E-state index in [1.54, 1.807) is 6.20 Å². The monoisotopic (exact) mass is 265 g/mol. The number of pyridine rings is 1. The lowest BCUT2D eigenvalue weighted by Crippen LogP contribution is -2.34. The van der Waals surface area contributed by atoms with Gasteiger partial charge in [-0.05, 0) is 18.9 Å². The van der Waals surface area contributed by atoms with Crippen molar-refractivity contribution in [2.75, 3.05) is 11.9 Å². The Morgan fingerprint density at radius 2 is 1.95 bits per heavy atom. The third kappa shape index (κ3) is 2.22. The molecule has 1 fully saturated rings. The van der Waals surface area contributed by atoms with Crippen LogP contribution in [0.3, 0.4) is 0 Å². The van der Waals surface area contributed by atoms with Crippen LogP contribution in [0.4, 0.5) is 5.69 Å². The minimum Gasteiger partial charge on any atom is -0.370 e. The Balaban J connectivity index is 2.10. The van der Waals surface area contributed by atoms with Crippen LogP contribution in [-0.4, -0.2) is 18.1 Å². The van der Waals surface area contributed by atoms with Crippen LogP contribution in [0, 0.1) is 11.3 Å². The number of aromatic nitrogens is 1. The van der Waals surface area contributed by atoms with E-state index in [0.29, 0.717) is 11.6 Å². The highest BCUT2D eigenvalue weighted by Gasteiger charge is 2.22. The first-order valence-corrected chi connectivity index (χ1v) is 7.32. The second-order valence-electron chi connectivity index (χ2n) is 5.55. The molecular formula is C17H19N3. The standard InChI is InChI=1S/C17H19N3/c1-20(14-7-3-2-4-8-14)17-13(11-18)12-19-16-10-6-5-9-15(16)17/h5-6,9-10,12,14H,2-4,7-8H2,1H3. The van der Waals surface area contributed by atoms with E-state index < -0.39 is 0 Å². The first-order chi connectivity index (χ1) is 9.81. The Morgan fingerprint density at radius 3 is 2.70 bits per heavy atom. The fraction of sp³-hybridized carbons (Fsp3) is 0.412. The van der Waals surface area contributed by atoms with E-state index in [0.717, 1.165) is 16.6 Å². The fourth-order valence-electron chi connectivity index (χ4n) is 3.24. The van der Waals surface area contributed by atoms with Crippen LogP contribution in [-0.2, 0) is 0 Å². The van der Waals surface area contributed by atoms with Crippen molar-refractivity contribution in [2.45, 2.75) is 38.1 Å². The number of benzene rings is 1. The van der Waals surface area contributed by atoms with Crippen molar-refractivity contribution >= 4 is 16.6 Å². The second-order valence-corrected chi connectivity index (χ2v) is 5.55. The largest absolute Gasteiger partial charge is 0.370 e. The van der Waals surface area contributed by atoms with Gasteiger partial charge in [0, 0.05) is 24.7 Å². The Kier molecular flexibility index (Phi) is 3.56. The Labute approximate surface area is 119 Å². The SMILES string of the molecule is CN(c1c(C#N)cnc2ccccc12)C1CCCCC1. The van der Waals surface area contributed by atoms with Gasteiger partial charge < -0.3 is 4.90 Å². The van der Waals surface area contributed by atoms with E-state index in [1.807, 2.05) is 18.2 Å². The summed E-state index contributed by atoms with van der Waals surface area (Å²) in [4.78, 5) is 6.70. The molecule has 0 bridgehead atoms. The molecule has 1 aromatic heterocycles. The lowest BCUT2D eigenvalue weighted by atomic mass is 9.93. The number of fused-ring (bicyclic) bond motifs is 1. The number of nitrogens with zero attached hydrogens (tertiary/aromatic N) is 3. The molecule has 0 saturated heterocycles. The van der Waals surface area contributed by atoms with E-state index in [4.69, 9.17) is 0 Å². The normalized spacial score (nSPS) is 16.0. The summed E-state index contributed by atoms with van der Waals surface area (Å²) in [5.41, 5.74) is 2.69. The Morgan fingerprint density at radius 1 is 1.20 bits per heavy atom. The van der Waals surface area contributed by atoms with Gasteiger partial charge in [0.1, 0.15) is 6.07 Å². The number of rotatable bonds is 2. The van der Waals surface area contributed by atoms with E-state index in [9.17, 15) is 5.26 Å². The van der Waals surface area contributed by atoms with Crippen LogP contribution in [0.2, 0.25) is 0 Å². The quantitative estimate of drug-likeness (QED) is 0.827. The van der Waals surface area contributed by atoms with Crippen LogP contribution >= 0.6 is 0 Å². The molecule has 0 radical (unpaired) electrons. The van der Waals surface area contributed by atoms with Crippen molar-refractivity contribution in [1.82, 2.24) is 4.98 Å². The predicted molar refractivity (Wildman–Crippen MR) is 81.7 cm³/mol. The predicted octanol–water partition coefficient (Wildman–Crippen LogP) is 3.88. The van der Waals surface area contributed by atoms with Crippen molar-refractivity contribution < 1.29 is 0 Å². The molecule has 3 nitrogen and oxygen atoms in total.